The number of likely N-dealkylation sites (tertiary alicyclic amines) is 1. The van der Waals surface area contributed by atoms with Crippen molar-refractivity contribution in [2.75, 3.05) is 30.8 Å². The number of ether oxygens (including phenoxy) is 2. The van der Waals surface area contributed by atoms with Gasteiger partial charge in [-0.25, -0.2) is 4.79 Å². The highest BCUT2D eigenvalue weighted by atomic mass is 35.5. The van der Waals surface area contributed by atoms with Gasteiger partial charge in [0.2, 0.25) is 5.91 Å². The lowest BCUT2D eigenvalue weighted by Gasteiger charge is -2.17. The number of hydrogen-bond donors (Lipinski definition) is 5. The number of fused-ring (bicyclic) bond motifs is 1. The van der Waals surface area contributed by atoms with E-state index >= 15 is 0 Å². The maximum absolute atomic E-state index is 12.9. The van der Waals surface area contributed by atoms with Crippen LogP contribution in [0.2, 0.25) is 5.02 Å². The van der Waals surface area contributed by atoms with Crippen LogP contribution in [0.25, 0.3) is 10.9 Å². The molecule has 266 valence electrons. The lowest BCUT2D eigenvalue weighted by atomic mass is 10.1. The molecule has 3 heterocycles. The molecule has 0 saturated carbocycles. The molecule has 0 radical (unpaired) electrons. The molecule has 0 aliphatic carbocycles. The second-order valence-corrected chi connectivity index (χ2v) is 11.7. The molecule has 2 aromatic carbocycles. The number of rotatable bonds is 13. The number of carbonyl (C=O) groups is 3. The molecular formula is C36H37ClN6O8. The summed E-state index contributed by atoms with van der Waals surface area (Å²) >= 11 is 6.54. The minimum Gasteiger partial charge on any atom is -0.492 e. The van der Waals surface area contributed by atoms with E-state index in [1.54, 1.807) is 36.5 Å². The Hall–Kier alpha value is -5.75. The number of aromatic nitrogens is 2. The SMILES string of the molecule is CCOc1cc2ncc(C#N)c(Nc3ccc(OCc4ccccn4)c(Cl)c3)c2cc1NC(=O)/C=C/[C@H]1CCCN1C.O=C(O)C[C@H](O)C(=O)O. The van der Waals surface area contributed by atoms with Gasteiger partial charge >= 0.3 is 11.9 Å². The summed E-state index contributed by atoms with van der Waals surface area (Å²) in [7, 11) is 2.06. The predicted octanol–water partition coefficient (Wildman–Crippen LogP) is 5.37. The monoisotopic (exact) mass is 716 g/mol. The Morgan fingerprint density at radius 1 is 1.14 bits per heavy atom. The Morgan fingerprint density at radius 3 is 2.55 bits per heavy atom. The van der Waals surface area contributed by atoms with Gasteiger partial charge in [-0.3, -0.25) is 24.5 Å². The molecule has 2 aromatic heterocycles. The van der Waals surface area contributed by atoms with Crippen LogP contribution >= 0.6 is 11.6 Å². The lowest BCUT2D eigenvalue weighted by Crippen LogP contribution is -2.23. The van der Waals surface area contributed by atoms with Gasteiger partial charge in [0.15, 0.2) is 6.10 Å². The number of carboxylic acids is 2. The van der Waals surface area contributed by atoms with E-state index in [4.69, 9.17) is 36.4 Å². The molecule has 14 nitrogen and oxygen atoms in total. The first kappa shape index (κ1) is 38.1. The molecule has 0 spiro atoms. The summed E-state index contributed by atoms with van der Waals surface area (Å²) in [5.74, 6) is -2.11. The number of nitrogens with zero attached hydrogens (tertiary/aromatic N) is 4. The molecular weight excluding hydrogens is 680 g/mol. The number of halogens is 1. The number of anilines is 3. The number of nitriles is 1. The topological polar surface area (TPSA) is 207 Å². The third kappa shape index (κ3) is 10.9. The zero-order chi connectivity index (χ0) is 36.9. The molecule has 1 saturated heterocycles. The number of likely N-dealkylation sites (N-methyl/N-ethyl adjacent to an activating group) is 1. The summed E-state index contributed by atoms with van der Waals surface area (Å²) in [6.45, 7) is 3.58. The number of amides is 1. The van der Waals surface area contributed by atoms with Crippen molar-refractivity contribution in [3.63, 3.8) is 0 Å². The highest BCUT2D eigenvalue weighted by molar-refractivity contribution is 6.32. The zero-order valence-electron chi connectivity index (χ0n) is 27.9. The van der Waals surface area contributed by atoms with E-state index in [9.17, 15) is 19.6 Å². The summed E-state index contributed by atoms with van der Waals surface area (Å²) in [5.41, 5.74) is 3.38. The van der Waals surface area contributed by atoms with E-state index < -0.39 is 24.5 Å². The van der Waals surface area contributed by atoms with Gasteiger partial charge in [-0.15, -0.1) is 0 Å². The summed E-state index contributed by atoms with van der Waals surface area (Å²) < 4.78 is 11.7. The Balaban J connectivity index is 0.000000573. The van der Waals surface area contributed by atoms with Gasteiger partial charge in [0.05, 0.1) is 46.2 Å². The fourth-order valence-electron chi connectivity index (χ4n) is 5.09. The number of aliphatic hydroxyl groups excluding tert-OH is 1. The molecule has 2 atom stereocenters. The fourth-order valence-corrected chi connectivity index (χ4v) is 5.33. The number of benzene rings is 2. The van der Waals surface area contributed by atoms with Crippen molar-refractivity contribution in [1.29, 1.82) is 5.26 Å². The van der Waals surface area contributed by atoms with Crippen molar-refractivity contribution in [3.05, 3.63) is 89.4 Å². The standard InChI is InChI=1S/C32H31ClN6O3.C4H6O5/c1-3-41-30-17-27-25(16-28(30)38-31(40)12-10-24-8-6-14-39(24)2)32(21(18-34)19-36-27)37-22-9-11-29(26(33)15-22)42-20-23-7-4-5-13-35-23;5-2(4(8)9)1-3(6)7/h4-5,7,9-13,15-17,19,24H,3,6,8,14,20H2,1-2H3,(H,36,37)(H,38,40);2,5H,1H2,(H,6,7)(H,8,9)/b12-10+;/t24-;2-/m10/s1. The van der Waals surface area contributed by atoms with E-state index in [1.807, 2.05) is 37.3 Å². The Labute approximate surface area is 298 Å². The van der Waals surface area contributed by atoms with Crippen molar-refractivity contribution < 1.29 is 39.2 Å². The molecule has 51 heavy (non-hydrogen) atoms. The molecule has 1 amide bonds. The van der Waals surface area contributed by atoms with Crippen molar-refractivity contribution >= 4 is 57.4 Å². The maximum Gasteiger partial charge on any atom is 0.333 e. The Bertz CT molecular complexity index is 1930. The molecule has 1 aliphatic heterocycles. The number of hydrogen-bond acceptors (Lipinski definition) is 11. The smallest absolute Gasteiger partial charge is 0.333 e. The van der Waals surface area contributed by atoms with Crippen molar-refractivity contribution in [1.82, 2.24) is 14.9 Å². The van der Waals surface area contributed by atoms with E-state index in [2.05, 4.69) is 38.6 Å². The quantitative estimate of drug-likeness (QED) is 0.110. The third-order valence-electron chi connectivity index (χ3n) is 7.65. The number of carbonyl (C=O) groups excluding carboxylic acids is 1. The van der Waals surface area contributed by atoms with Crippen LogP contribution in [-0.2, 0) is 21.0 Å². The molecule has 1 aliphatic rings. The van der Waals surface area contributed by atoms with Gasteiger partial charge in [-0.2, -0.15) is 5.26 Å². The van der Waals surface area contributed by atoms with Crippen molar-refractivity contribution in [2.45, 2.75) is 44.9 Å². The van der Waals surface area contributed by atoms with Gasteiger partial charge in [0.1, 0.15) is 24.2 Å². The van der Waals surface area contributed by atoms with E-state index in [1.165, 1.54) is 6.20 Å². The highest BCUT2D eigenvalue weighted by Crippen LogP contribution is 2.37. The number of carboxylic acid groups (broad SMARTS) is 2. The summed E-state index contributed by atoms with van der Waals surface area (Å²) in [6, 6.07) is 16.9. The van der Waals surface area contributed by atoms with Crippen LogP contribution in [-0.4, -0.2) is 80.4 Å². The Morgan fingerprint density at radius 2 is 1.94 bits per heavy atom. The first-order valence-corrected chi connectivity index (χ1v) is 16.3. The lowest BCUT2D eigenvalue weighted by molar-refractivity contribution is -0.152. The molecule has 4 aromatic rings. The molecule has 5 rings (SSSR count). The van der Waals surface area contributed by atoms with Crippen LogP contribution in [0.15, 0.2) is 73.1 Å². The summed E-state index contributed by atoms with van der Waals surface area (Å²) in [6.07, 6.45) is 6.30. The van der Waals surface area contributed by atoms with Gasteiger partial charge in [-0.1, -0.05) is 23.7 Å². The average molecular weight is 717 g/mol. The second kappa shape index (κ2) is 18.3. The van der Waals surface area contributed by atoms with Crippen LogP contribution in [0.4, 0.5) is 17.1 Å². The molecule has 5 N–H and O–H groups in total. The summed E-state index contributed by atoms with van der Waals surface area (Å²) in [4.78, 5) is 43.3. The molecule has 1 fully saturated rings. The minimum absolute atomic E-state index is 0.246. The van der Waals surface area contributed by atoms with Gasteiger partial charge in [0, 0.05) is 41.7 Å². The van der Waals surface area contributed by atoms with Crippen molar-refractivity contribution in [2.24, 2.45) is 0 Å². The predicted molar refractivity (Wildman–Crippen MR) is 190 cm³/mol. The minimum atomic E-state index is -1.79. The number of aliphatic hydroxyl groups is 1. The summed E-state index contributed by atoms with van der Waals surface area (Å²) in [5, 5.41) is 41.3. The largest absolute Gasteiger partial charge is 0.492 e. The zero-order valence-corrected chi connectivity index (χ0v) is 28.6. The normalized spacial score (nSPS) is 14.6. The van der Waals surface area contributed by atoms with E-state index in [0.29, 0.717) is 56.7 Å². The third-order valence-corrected chi connectivity index (χ3v) is 7.95. The number of nitrogens with one attached hydrogen (secondary N) is 2. The van der Waals surface area contributed by atoms with Crippen LogP contribution in [0.3, 0.4) is 0 Å². The van der Waals surface area contributed by atoms with Crippen LogP contribution < -0.4 is 20.1 Å². The van der Waals surface area contributed by atoms with Crippen LogP contribution in [0, 0.1) is 11.3 Å². The van der Waals surface area contributed by atoms with E-state index in [-0.39, 0.29) is 18.6 Å². The van der Waals surface area contributed by atoms with Gasteiger partial charge in [-0.05, 0) is 69.8 Å². The second-order valence-electron chi connectivity index (χ2n) is 11.3. The van der Waals surface area contributed by atoms with Crippen LogP contribution in [0.1, 0.15) is 37.4 Å². The average Bonchev–Trinajstić information content (AvgIpc) is 3.52. The van der Waals surface area contributed by atoms with Crippen LogP contribution in [0.5, 0.6) is 11.5 Å². The number of aliphatic carboxylic acids is 2. The molecule has 0 unspecified atom stereocenters. The van der Waals surface area contributed by atoms with Crippen molar-refractivity contribution in [3.8, 4) is 17.6 Å². The highest BCUT2D eigenvalue weighted by Gasteiger charge is 2.19. The number of pyridine rings is 2. The maximum atomic E-state index is 12.9. The first-order chi connectivity index (χ1) is 24.5. The Kier molecular flexibility index (Phi) is 13.7. The van der Waals surface area contributed by atoms with E-state index in [0.717, 1.165) is 25.1 Å². The first-order valence-electron chi connectivity index (χ1n) is 15.9. The van der Waals surface area contributed by atoms with Gasteiger partial charge < -0.3 is 35.4 Å². The molecule has 15 heteroatoms. The van der Waals surface area contributed by atoms with Gasteiger partial charge in [0.25, 0.3) is 0 Å². The fraction of sp³-hybridized carbons (Fsp3) is 0.278. The molecule has 0 bridgehead atoms.